The van der Waals surface area contributed by atoms with Crippen LogP contribution in [0.4, 0.5) is 5.95 Å². The molecule has 0 radical (unpaired) electrons. The van der Waals surface area contributed by atoms with Crippen molar-refractivity contribution in [3.8, 4) is 0 Å². The number of aryl methyl sites for hydroxylation is 2. The number of hydrazine groups is 1. The van der Waals surface area contributed by atoms with Gasteiger partial charge in [-0.3, -0.25) is 5.43 Å². The fraction of sp³-hybridized carbons (Fsp3) is 0.167. The van der Waals surface area contributed by atoms with E-state index in [2.05, 4.69) is 47.4 Å². The van der Waals surface area contributed by atoms with E-state index in [0.717, 1.165) is 4.90 Å². The minimum absolute atomic E-state index is 0.354. The van der Waals surface area contributed by atoms with E-state index in [0.29, 0.717) is 16.0 Å². The molecule has 3 N–H and O–H groups in total. The molecule has 0 bridgehead atoms. The van der Waals surface area contributed by atoms with Crippen molar-refractivity contribution >= 4 is 29.3 Å². The quantitative estimate of drug-likeness (QED) is 0.514. The standard InChI is InChI=1S/C12H13ClN4S/c1-7-3-4-8(2)10(5-7)18-11-9(13)6-15-12(16-11)17-14/h3-6H,14H2,1-2H3,(H,15,16,17). The lowest BCUT2D eigenvalue weighted by molar-refractivity contribution is 1.03. The average molecular weight is 281 g/mol. The Morgan fingerprint density at radius 3 is 2.83 bits per heavy atom. The zero-order chi connectivity index (χ0) is 13.1. The third-order valence-corrected chi connectivity index (χ3v) is 3.94. The number of hydrogen-bond donors (Lipinski definition) is 2. The number of anilines is 1. The van der Waals surface area contributed by atoms with Gasteiger partial charge in [-0.1, -0.05) is 35.5 Å². The summed E-state index contributed by atoms with van der Waals surface area (Å²) in [6.07, 6.45) is 1.54. The lowest BCUT2D eigenvalue weighted by atomic mass is 10.2. The molecule has 0 spiro atoms. The fourth-order valence-corrected chi connectivity index (χ4v) is 2.59. The highest BCUT2D eigenvalue weighted by atomic mass is 35.5. The van der Waals surface area contributed by atoms with E-state index in [1.165, 1.54) is 29.1 Å². The van der Waals surface area contributed by atoms with Gasteiger partial charge in [0.2, 0.25) is 5.95 Å². The summed E-state index contributed by atoms with van der Waals surface area (Å²) in [4.78, 5) is 9.31. The number of benzene rings is 1. The van der Waals surface area contributed by atoms with Crippen LogP contribution in [0.1, 0.15) is 11.1 Å². The molecule has 0 unspecified atom stereocenters. The van der Waals surface area contributed by atoms with Gasteiger partial charge in [-0.05, 0) is 31.0 Å². The first-order valence-corrected chi connectivity index (χ1v) is 6.54. The highest BCUT2D eigenvalue weighted by Crippen LogP contribution is 2.34. The van der Waals surface area contributed by atoms with Crippen LogP contribution in [0, 0.1) is 13.8 Å². The van der Waals surface area contributed by atoms with Crippen molar-refractivity contribution in [3.05, 3.63) is 40.5 Å². The zero-order valence-corrected chi connectivity index (χ0v) is 11.6. The summed E-state index contributed by atoms with van der Waals surface area (Å²) in [6.45, 7) is 4.11. The number of aromatic nitrogens is 2. The summed E-state index contributed by atoms with van der Waals surface area (Å²) in [5.41, 5.74) is 4.79. The molecule has 0 atom stereocenters. The molecule has 1 aromatic heterocycles. The molecule has 0 aliphatic heterocycles. The van der Waals surface area contributed by atoms with Crippen LogP contribution in [-0.4, -0.2) is 9.97 Å². The van der Waals surface area contributed by atoms with Crippen LogP contribution in [0.5, 0.6) is 0 Å². The second-order valence-corrected chi connectivity index (χ2v) is 5.30. The monoisotopic (exact) mass is 280 g/mol. The second-order valence-electron chi connectivity index (χ2n) is 3.86. The SMILES string of the molecule is Cc1ccc(C)c(Sc2nc(NN)ncc2Cl)c1. The van der Waals surface area contributed by atoms with Crippen LogP contribution in [0.25, 0.3) is 0 Å². The number of halogens is 1. The number of nitrogen functional groups attached to an aromatic ring is 1. The van der Waals surface area contributed by atoms with Gasteiger partial charge in [-0.2, -0.15) is 0 Å². The Bertz CT molecular complexity index is 574. The van der Waals surface area contributed by atoms with E-state index in [-0.39, 0.29) is 0 Å². The molecule has 4 nitrogen and oxygen atoms in total. The van der Waals surface area contributed by atoms with Gasteiger partial charge in [0.15, 0.2) is 0 Å². The first-order valence-electron chi connectivity index (χ1n) is 5.34. The molecular formula is C12H13ClN4S. The smallest absolute Gasteiger partial charge is 0.238 e. The fourth-order valence-electron chi connectivity index (χ4n) is 1.41. The number of hydrogen-bond acceptors (Lipinski definition) is 5. The molecule has 2 aromatic rings. The molecule has 2 rings (SSSR count). The summed E-state index contributed by atoms with van der Waals surface area (Å²) in [6, 6.07) is 6.26. The lowest BCUT2D eigenvalue weighted by Gasteiger charge is -2.08. The maximum atomic E-state index is 6.08. The van der Waals surface area contributed by atoms with E-state index in [4.69, 9.17) is 17.4 Å². The number of rotatable bonds is 3. The molecule has 1 aromatic carbocycles. The van der Waals surface area contributed by atoms with Crippen molar-refractivity contribution in [2.75, 3.05) is 5.43 Å². The number of nitrogens with zero attached hydrogens (tertiary/aromatic N) is 2. The molecule has 1 heterocycles. The minimum Gasteiger partial charge on any atom is -0.292 e. The maximum absolute atomic E-state index is 6.08. The first-order chi connectivity index (χ1) is 8.60. The molecular weight excluding hydrogens is 268 g/mol. The van der Waals surface area contributed by atoms with Gasteiger partial charge in [-0.15, -0.1) is 0 Å². The van der Waals surface area contributed by atoms with Crippen LogP contribution in [0.3, 0.4) is 0 Å². The Balaban J connectivity index is 2.36. The summed E-state index contributed by atoms with van der Waals surface area (Å²) < 4.78 is 0. The van der Waals surface area contributed by atoms with Crippen LogP contribution in [0.2, 0.25) is 5.02 Å². The third kappa shape index (κ3) is 2.93. The Morgan fingerprint density at radius 1 is 1.33 bits per heavy atom. The second kappa shape index (κ2) is 5.56. The summed E-state index contributed by atoms with van der Waals surface area (Å²) in [5.74, 6) is 5.64. The van der Waals surface area contributed by atoms with Crippen molar-refractivity contribution in [1.29, 1.82) is 0 Å². The van der Waals surface area contributed by atoms with Gasteiger partial charge >= 0.3 is 0 Å². The van der Waals surface area contributed by atoms with Gasteiger partial charge < -0.3 is 0 Å². The highest BCUT2D eigenvalue weighted by Gasteiger charge is 2.09. The van der Waals surface area contributed by atoms with Gasteiger partial charge in [-0.25, -0.2) is 15.8 Å². The average Bonchev–Trinajstić information content (AvgIpc) is 2.36. The predicted octanol–water partition coefficient (Wildman–Crippen LogP) is 3.18. The largest absolute Gasteiger partial charge is 0.292 e. The summed E-state index contributed by atoms with van der Waals surface area (Å²) in [5, 5.41) is 1.20. The van der Waals surface area contributed by atoms with E-state index in [1.54, 1.807) is 0 Å². The van der Waals surface area contributed by atoms with Crippen LogP contribution >= 0.6 is 23.4 Å². The van der Waals surface area contributed by atoms with E-state index in [9.17, 15) is 0 Å². The molecule has 0 saturated heterocycles. The summed E-state index contributed by atoms with van der Waals surface area (Å²) >= 11 is 7.59. The topological polar surface area (TPSA) is 63.8 Å². The molecule has 6 heteroatoms. The Kier molecular flexibility index (Phi) is 4.06. The molecule has 18 heavy (non-hydrogen) atoms. The van der Waals surface area contributed by atoms with Crippen LogP contribution in [0.15, 0.2) is 34.3 Å². The van der Waals surface area contributed by atoms with Crippen molar-refractivity contribution < 1.29 is 0 Å². The highest BCUT2D eigenvalue weighted by molar-refractivity contribution is 7.99. The molecule has 0 aliphatic rings. The van der Waals surface area contributed by atoms with Crippen LogP contribution in [-0.2, 0) is 0 Å². The van der Waals surface area contributed by atoms with Crippen molar-refractivity contribution in [1.82, 2.24) is 9.97 Å². The van der Waals surface area contributed by atoms with Gasteiger partial charge in [0.25, 0.3) is 0 Å². The normalized spacial score (nSPS) is 10.4. The lowest BCUT2D eigenvalue weighted by Crippen LogP contribution is -2.10. The number of nitrogens with two attached hydrogens (primary N) is 1. The van der Waals surface area contributed by atoms with Crippen molar-refractivity contribution in [2.24, 2.45) is 5.84 Å². The minimum atomic E-state index is 0.354. The summed E-state index contributed by atoms with van der Waals surface area (Å²) in [7, 11) is 0. The maximum Gasteiger partial charge on any atom is 0.238 e. The number of nitrogens with one attached hydrogen (secondary N) is 1. The van der Waals surface area contributed by atoms with Gasteiger partial charge in [0, 0.05) is 4.90 Å². The van der Waals surface area contributed by atoms with E-state index >= 15 is 0 Å². The Hall–Kier alpha value is -1.30. The molecule has 0 amide bonds. The molecule has 0 aliphatic carbocycles. The van der Waals surface area contributed by atoms with Crippen LogP contribution < -0.4 is 11.3 Å². The van der Waals surface area contributed by atoms with E-state index in [1.807, 2.05) is 0 Å². The Morgan fingerprint density at radius 2 is 2.11 bits per heavy atom. The first kappa shape index (κ1) is 13.1. The zero-order valence-electron chi connectivity index (χ0n) is 10.1. The van der Waals surface area contributed by atoms with E-state index < -0.39 is 0 Å². The predicted molar refractivity (Wildman–Crippen MR) is 74.9 cm³/mol. The van der Waals surface area contributed by atoms with Crippen molar-refractivity contribution in [3.63, 3.8) is 0 Å². The van der Waals surface area contributed by atoms with Gasteiger partial charge in [0.05, 0.1) is 11.2 Å². The third-order valence-electron chi connectivity index (χ3n) is 2.39. The molecule has 94 valence electrons. The Labute approximate surface area is 115 Å². The van der Waals surface area contributed by atoms with Gasteiger partial charge in [0.1, 0.15) is 5.03 Å². The van der Waals surface area contributed by atoms with Crippen molar-refractivity contribution in [2.45, 2.75) is 23.8 Å². The molecule has 0 fully saturated rings. The molecule has 0 saturated carbocycles.